The van der Waals surface area contributed by atoms with Gasteiger partial charge in [0.05, 0.1) is 0 Å². The van der Waals surface area contributed by atoms with Gasteiger partial charge < -0.3 is 5.32 Å². The molecule has 0 radical (unpaired) electrons. The molecular weight excluding hydrogens is 146 g/mol. The fraction of sp³-hybridized carbons (Fsp3) is 1.00. The highest BCUT2D eigenvalue weighted by molar-refractivity contribution is 5.85. The Kier molecular flexibility index (Phi) is 3.68. The number of hydrogen-bond donors (Lipinski definition) is 1. The molecule has 1 saturated carbocycles. The maximum atomic E-state index is 3.21. The molecule has 0 heterocycles. The van der Waals surface area contributed by atoms with E-state index in [0.717, 1.165) is 5.92 Å². The van der Waals surface area contributed by atoms with Crippen molar-refractivity contribution < 1.29 is 0 Å². The van der Waals surface area contributed by atoms with E-state index in [9.17, 15) is 0 Å². The van der Waals surface area contributed by atoms with Crippen LogP contribution in [-0.2, 0) is 0 Å². The Morgan fingerprint density at radius 3 is 2.20 bits per heavy atom. The molecule has 1 nitrogen and oxygen atoms in total. The largest absolute Gasteiger partial charge is 0.319 e. The molecule has 0 bridgehead atoms. The van der Waals surface area contributed by atoms with Gasteiger partial charge in [-0.3, -0.25) is 0 Å². The predicted octanol–water partition coefficient (Wildman–Crippen LogP) is 2.06. The first-order valence-electron chi connectivity index (χ1n) is 3.79. The molecule has 0 aromatic rings. The Morgan fingerprint density at radius 2 is 1.90 bits per heavy atom. The first-order chi connectivity index (χ1) is 4.14. The molecule has 0 spiro atoms. The van der Waals surface area contributed by atoms with Gasteiger partial charge in [0.1, 0.15) is 0 Å². The summed E-state index contributed by atoms with van der Waals surface area (Å²) in [7, 11) is 2.03. The lowest BCUT2D eigenvalue weighted by Crippen LogP contribution is -2.37. The first-order valence-corrected chi connectivity index (χ1v) is 3.79. The number of hydrogen-bond acceptors (Lipinski definition) is 1. The first kappa shape index (κ1) is 10.2. The van der Waals surface area contributed by atoms with E-state index in [2.05, 4.69) is 19.2 Å². The van der Waals surface area contributed by atoms with E-state index in [4.69, 9.17) is 0 Å². The minimum Gasteiger partial charge on any atom is -0.319 e. The van der Waals surface area contributed by atoms with Crippen LogP contribution in [0.2, 0.25) is 0 Å². The SMILES string of the molecule is CNCC1CC(C)(C)C1.Cl. The van der Waals surface area contributed by atoms with Crippen LogP contribution in [-0.4, -0.2) is 13.6 Å². The van der Waals surface area contributed by atoms with Crippen LogP contribution in [0.15, 0.2) is 0 Å². The van der Waals surface area contributed by atoms with Gasteiger partial charge in [-0.1, -0.05) is 13.8 Å². The van der Waals surface area contributed by atoms with Crippen molar-refractivity contribution in [2.45, 2.75) is 26.7 Å². The normalized spacial score (nSPS) is 23.1. The standard InChI is InChI=1S/C8H17N.ClH/c1-8(2)4-7(5-8)6-9-3;/h7,9H,4-6H2,1-3H3;1H. The van der Waals surface area contributed by atoms with Crippen LogP contribution in [0.5, 0.6) is 0 Å². The van der Waals surface area contributed by atoms with Gasteiger partial charge in [0.15, 0.2) is 0 Å². The second-order valence-corrected chi connectivity index (χ2v) is 4.00. The highest BCUT2D eigenvalue weighted by atomic mass is 35.5. The highest BCUT2D eigenvalue weighted by Gasteiger charge is 2.34. The van der Waals surface area contributed by atoms with Gasteiger partial charge in [-0.05, 0) is 37.8 Å². The van der Waals surface area contributed by atoms with E-state index in [1.807, 2.05) is 7.05 Å². The molecule has 1 aliphatic carbocycles. The molecule has 62 valence electrons. The summed E-state index contributed by atoms with van der Waals surface area (Å²) in [4.78, 5) is 0. The minimum absolute atomic E-state index is 0. The highest BCUT2D eigenvalue weighted by Crippen LogP contribution is 2.44. The Hall–Kier alpha value is 0.250. The number of nitrogens with one attached hydrogen (secondary N) is 1. The van der Waals surface area contributed by atoms with Crippen LogP contribution in [0.25, 0.3) is 0 Å². The van der Waals surface area contributed by atoms with Crippen molar-refractivity contribution in [2.75, 3.05) is 13.6 Å². The molecule has 10 heavy (non-hydrogen) atoms. The average Bonchev–Trinajstić information content (AvgIpc) is 1.62. The molecule has 1 fully saturated rings. The van der Waals surface area contributed by atoms with Crippen LogP contribution in [0.4, 0.5) is 0 Å². The van der Waals surface area contributed by atoms with E-state index >= 15 is 0 Å². The zero-order valence-electron chi connectivity index (χ0n) is 7.11. The fourth-order valence-electron chi connectivity index (χ4n) is 1.94. The smallest absolute Gasteiger partial charge is 0.00231 e. The zero-order chi connectivity index (χ0) is 6.91. The molecule has 0 amide bonds. The second kappa shape index (κ2) is 3.59. The van der Waals surface area contributed by atoms with Crippen molar-refractivity contribution in [2.24, 2.45) is 11.3 Å². The van der Waals surface area contributed by atoms with Crippen LogP contribution < -0.4 is 5.32 Å². The van der Waals surface area contributed by atoms with Gasteiger partial charge in [0.25, 0.3) is 0 Å². The zero-order valence-corrected chi connectivity index (χ0v) is 7.92. The average molecular weight is 164 g/mol. The van der Waals surface area contributed by atoms with Crippen molar-refractivity contribution >= 4 is 12.4 Å². The van der Waals surface area contributed by atoms with Gasteiger partial charge in [0.2, 0.25) is 0 Å². The van der Waals surface area contributed by atoms with Crippen molar-refractivity contribution in [1.29, 1.82) is 0 Å². The van der Waals surface area contributed by atoms with Gasteiger partial charge >= 0.3 is 0 Å². The Bertz CT molecular complexity index is 93.4. The molecule has 1 aliphatic rings. The summed E-state index contributed by atoms with van der Waals surface area (Å²) in [6, 6.07) is 0. The van der Waals surface area contributed by atoms with Crippen molar-refractivity contribution in [3.63, 3.8) is 0 Å². The summed E-state index contributed by atoms with van der Waals surface area (Å²) in [5, 5.41) is 3.21. The van der Waals surface area contributed by atoms with E-state index < -0.39 is 0 Å². The van der Waals surface area contributed by atoms with Crippen molar-refractivity contribution in [1.82, 2.24) is 5.32 Å². The predicted molar refractivity (Wildman–Crippen MR) is 47.7 cm³/mol. The molecule has 0 aromatic carbocycles. The van der Waals surface area contributed by atoms with Crippen LogP contribution in [0.3, 0.4) is 0 Å². The van der Waals surface area contributed by atoms with Crippen LogP contribution >= 0.6 is 12.4 Å². The van der Waals surface area contributed by atoms with E-state index in [1.54, 1.807) is 0 Å². The summed E-state index contributed by atoms with van der Waals surface area (Å²) in [6.45, 7) is 5.90. The Balaban J connectivity index is 0.000000810. The maximum Gasteiger partial charge on any atom is -0.00231 e. The minimum atomic E-state index is 0. The summed E-state index contributed by atoms with van der Waals surface area (Å²) in [5.74, 6) is 0.963. The molecule has 0 atom stereocenters. The second-order valence-electron chi connectivity index (χ2n) is 4.00. The topological polar surface area (TPSA) is 12.0 Å². The molecule has 1 rings (SSSR count). The van der Waals surface area contributed by atoms with Gasteiger partial charge in [0, 0.05) is 0 Å². The number of rotatable bonds is 2. The third-order valence-corrected chi connectivity index (χ3v) is 2.18. The summed E-state index contributed by atoms with van der Waals surface area (Å²) >= 11 is 0. The molecular formula is C8H18ClN. The lowest BCUT2D eigenvalue weighted by molar-refractivity contribution is 0.0976. The van der Waals surface area contributed by atoms with Crippen molar-refractivity contribution in [3.8, 4) is 0 Å². The van der Waals surface area contributed by atoms with E-state index in [-0.39, 0.29) is 12.4 Å². The summed E-state index contributed by atoms with van der Waals surface area (Å²) < 4.78 is 0. The molecule has 0 aliphatic heterocycles. The van der Waals surface area contributed by atoms with Gasteiger partial charge in [-0.15, -0.1) is 12.4 Å². The fourth-order valence-corrected chi connectivity index (χ4v) is 1.94. The maximum absolute atomic E-state index is 3.21. The third-order valence-electron chi connectivity index (χ3n) is 2.18. The van der Waals surface area contributed by atoms with E-state index in [1.165, 1.54) is 19.4 Å². The molecule has 2 heteroatoms. The summed E-state index contributed by atoms with van der Waals surface area (Å²) in [5.41, 5.74) is 0.654. The lowest BCUT2D eigenvalue weighted by atomic mass is 9.64. The molecule has 0 saturated heterocycles. The van der Waals surface area contributed by atoms with Gasteiger partial charge in [-0.2, -0.15) is 0 Å². The lowest BCUT2D eigenvalue weighted by Gasteiger charge is -2.42. The van der Waals surface area contributed by atoms with Crippen LogP contribution in [0, 0.1) is 11.3 Å². The Labute approximate surface area is 70.0 Å². The molecule has 1 N–H and O–H groups in total. The van der Waals surface area contributed by atoms with Crippen molar-refractivity contribution in [3.05, 3.63) is 0 Å². The third kappa shape index (κ3) is 2.47. The quantitative estimate of drug-likeness (QED) is 0.658. The molecule has 0 aromatic heterocycles. The monoisotopic (exact) mass is 163 g/mol. The Morgan fingerprint density at radius 1 is 1.40 bits per heavy atom. The van der Waals surface area contributed by atoms with Gasteiger partial charge in [-0.25, -0.2) is 0 Å². The molecule has 0 unspecified atom stereocenters. The van der Waals surface area contributed by atoms with E-state index in [0.29, 0.717) is 5.41 Å². The summed E-state index contributed by atoms with van der Waals surface area (Å²) in [6.07, 6.45) is 2.82. The number of halogens is 1. The van der Waals surface area contributed by atoms with Crippen LogP contribution in [0.1, 0.15) is 26.7 Å².